The van der Waals surface area contributed by atoms with Gasteiger partial charge in [-0.25, -0.2) is 0 Å². The second-order valence-electron chi connectivity index (χ2n) is 4.27. The molecule has 0 aliphatic heterocycles. The summed E-state index contributed by atoms with van der Waals surface area (Å²) in [6, 6.07) is 7.90. The number of Topliss-reactive ketones (excluding diaryl/α,β-unsaturated/α-hetero) is 1. The highest BCUT2D eigenvalue weighted by Gasteiger charge is 2.15. The van der Waals surface area contributed by atoms with E-state index in [2.05, 4.69) is 13.8 Å². The molecule has 1 atom stereocenters. The average Bonchev–Trinajstić information content (AvgIpc) is 2.28. The van der Waals surface area contributed by atoms with E-state index in [1.807, 2.05) is 38.1 Å². The predicted molar refractivity (Wildman–Crippen MR) is 65.9 cm³/mol. The lowest BCUT2D eigenvalue weighted by molar-refractivity contribution is -0.124. The highest BCUT2D eigenvalue weighted by molar-refractivity contribution is 5.82. The maximum absolute atomic E-state index is 11.5. The van der Waals surface area contributed by atoms with Gasteiger partial charge in [0.15, 0.2) is 11.9 Å². The number of hydrogen-bond acceptors (Lipinski definition) is 2. The molecule has 0 fully saturated rings. The third-order valence-corrected chi connectivity index (χ3v) is 2.65. The van der Waals surface area contributed by atoms with E-state index in [4.69, 9.17) is 4.74 Å². The van der Waals surface area contributed by atoms with Crippen LogP contribution >= 0.6 is 0 Å². The van der Waals surface area contributed by atoms with Gasteiger partial charge in [-0.1, -0.05) is 39.0 Å². The number of carbonyl (C=O) groups is 1. The highest BCUT2D eigenvalue weighted by atomic mass is 16.5. The van der Waals surface area contributed by atoms with E-state index in [0.29, 0.717) is 12.3 Å². The normalized spacial score (nSPS) is 12.6. The summed E-state index contributed by atoms with van der Waals surface area (Å²) >= 11 is 0. The SMILES string of the molecule is CCC(=O)C(C)Oc1ccccc1C(C)C. The standard InChI is InChI=1S/C14H20O2/c1-5-13(15)11(4)16-14-9-7-6-8-12(14)10(2)3/h6-11H,5H2,1-4H3. The smallest absolute Gasteiger partial charge is 0.172 e. The lowest BCUT2D eigenvalue weighted by Gasteiger charge is -2.17. The molecule has 1 rings (SSSR count). The van der Waals surface area contributed by atoms with Gasteiger partial charge >= 0.3 is 0 Å². The van der Waals surface area contributed by atoms with Crippen LogP contribution in [0.4, 0.5) is 0 Å². The Hall–Kier alpha value is -1.31. The van der Waals surface area contributed by atoms with Gasteiger partial charge in [-0.15, -0.1) is 0 Å². The average molecular weight is 220 g/mol. The zero-order valence-electron chi connectivity index (χ0n) is 10.5. The molecule has 0 amide bonds. The van der Waals surface area contributed by atoms with Crippen molar-refractivity contribution in [3.8, 4) is 5.75 Å². The Kier molecular flexibility index (Phi) is 4.53. The maximum Gasteiger partial charge on any atom is 0.172 e. The largest absolute Gasteiger partial charge is 0.483 e. The molecule has 0 saturated carbocycles. The van der Waals surface area contributed by atoms with Crippen LogP contribution in [-0.2, 0) is 4.79 Å². The number of ether oxygens (including phenoxy) is 1. The van der Waals surface area contributed by atoms with Gasteiger partial charge in [-0.2, -0.15) is 0 Å². The molecule has 0 aromatic heterocycles. The molecule has 0 saturated heterocycles. The van der Waals surface area contributed by atoms with Crippen molar-refractivity contribution in [3.05, 3.63) is 29.8 Å². The second-order valence-corrected chi connectivity index (χ2v) is 4.27. The molecule has 1 aromatic carbocycles. The van der Waals surface area contributed by atoms with Crippen LogP contribution in [0.5, 0.6) is 5.75 Å². The van der Waals surface area contributed by atoms with Crippen LogP contribution in [0, 0.1) is 0 Å². The summed E-state index contributed by atoms with van der Waals surface area (Å²) in [5.74, 6) is 1.37. The van der Waals surface area contributed by atoms with E-state index in [0.717, 1.165) is 11.3 Å². The third kappa shape index (κ3) is 3.09. The summed E-state index contributed by atoms with van der Waals surface area (Å²) in [4.78, 5) is 11.5. The molecule has 88 valence electrons. The minimum Gasteiger partial charge on any atom is -0.483 e. The zero-order valence-corrected chi connectivity index (χ0v) is 10.5. The second kappa shape index (κ2) is 5.69. The Morgan fingerprint density at radius 1 is 1.25 bits per heavy atom. The predicted octanol–water partition coefficient (Wildman–Crippen LogP) is 3.56. The van der Waals surface area contributed by atoms with Crippen LogP contribution in [-0.4, -0.2) is 11.9 Å². The van der Waals surface area contributed by atoms with Crippen LogP contribution in [0.25, 0.3) is 0 Å². The molecule has 0 bridgehead atoms. The first-order valence-corrected chi connectivity index (χ1v) is 5.84. The van der Waals surface area contributed by atoms with Crippen molar-refractivity contribution in [3.63, 3.8) is 0 Å². The Morgan fingerprint density at radius 3 is 2.44 bits per heavy atom. The van der Waals surface area contributed by atoms with Gasteiger partial charge in [0.1, 0.15) is 5.75 Å². The van der Waals surface area contributed by atoms with Crippen LogP contribution in [0.15, 0.2) is 24.3 Å². The van der Waals surface area contributed by atoms with Gasteiger partial charge in [0.05, 0.1) is 0 Å². The maximum atomic E-state index is 11.5. The molecule has 1 aromatic rings. The summed E-state index contributed by atoms with van der Waals surface area (Å²) in [6.07, 6.45) is 0.162. The number of rotatable bonds is 5. The lowest BCUT2D eigenvalue weighted by Crippen LogP contribution is -2.23. The van der Waals surface area contributed by atoms with Crippen LogP contribution in [0.2, 0.25) is 0 Å². The zero-order chi connectivity index (χ0) is 12.1. The fourth-order valence-electron chi connectivity index (χ4n) is 1.61. The van der Waals surface area contributed by atoms with Gasteiger partial charge in [0.2, 0.25) is 0 Å². The van der Waals surface area contributed by atoms with E-state index >= 15 is 0 Å². The van der Waals surface area contributed by atoms with Crippen LogP contribution in [0.3, 0.4) is 0 Å². The van der Waals surface area contributed by atoms with Crippen molar-refractivity contribution in [2.75, 3.05) is 0 Å². The number of benzene rings is 1. The minimum atomic E-state index is -0.357. The summed E-state index contributed by atoms with van der Waals surface area (Å²) < 4.78 is 5.71. The molecular formula is C14H20O2. The monoisotopic (exact) mass is 220 g/mol. The Labute approximate surface area is 97.6 Å². The molecule has 0 aliphatic rings. The topological polar surface area (TPSA) is 26.3 Å². The van der Waals surface area contributed by atoms with Gasteiger partial charge in [0, 0.05) is 6.42 Å². The molecule has 0 spiro atoms. The van der Waals surface area contributed by atoms with E-state index in [1.165, 1.54) is 0 Å². The van der Waals surface area contributed by atoms with Crippen molar-refractivity contribution >= 4 is 5.78 Å². The van der Waals surface area contributed by atoms with Gasteiger partial charge in [-0.3, -0.25) is 4.79 Å². The Bertz CT molecular complexity index is 356. The highest BCUT2D eigenvalue weighted by Crippen LogP contribution is 2.26. The van der Waals surface area contributed by atoms with Gasteiger partial charge in [0.25, 0.3) is 0 Å². The van der Waals surface area contributed by atoms with Crippen LogP contribution in [0.1, 0.15) is 45.6 Å². The summed E-state index contributed by atoms with van der Waals surface area (Å²) in [6.45, 7) is 7.91. The Morgan fingerprint density at radius 2 is 1.88 bits per heavy atom. The van der Waals surface area contributed by atoms with Crippen molar-refractivity contribution in [1.29, 1.82) is 0 Å². The third-order valence-electron chi connectivity index (χ3n) is 2.65. The number of hydrogen-bond donors (Lipinski definition) is 0. The van der Waals surface area contributed by atoms with E-state index < -0.39 is 0 Å². The molecular weight excluding hydrogens is 200 g/mol. The number of ketones is 1. The summed E-state index contributed by atoms with van der Waals surface area (Å²) in [5.41, 5.74) is 1.15. The summed E-state index contributed by atoms with van der Waals surface area (Å²) in [5, 5.41) is 0. The quantitative estimate of drug-likeness (QED) is 0.758. The summed E-state index contributed by atoms with van der Waals surface area (Å²) in [7, 11) is 0. The molecule has 0 radical (unpaired) electrons. The van der Waals surface area contributed by atoms with Crippen molar-refractivity contribution in [1.82, 2.24) is 0 Å². The van der Waals surface area contributed by atoms with Gasteiger partial charge in [-0.05, 0) is 24.5 Å². The van der Waals surface area contributed by atoms with Crippen LogP contribution < -0.4 is 4.74 Å². The molecule has 16 heavy (non-hydrogen) atoms. The van der Waals surface area contributed by atoms with E-state index in [1.54, 1.807) is 0 Å². The van der Waals surface area contributed by atoms with Crippen molar-refractivity contribution < 1.29 is 9.53 Å². The first-order chi connectivity index (χ1) is 7.56. The fourth-order valence-corrected chi connectivity index (χ4v) is 1.61. The molecule has 2 nitrogen and oxygen atoms in total. The fraction of sp³-hybridized carbons (Fsp3) is 0.500. The molecule has 0 aliphatic carbocycles. The first-order valence-electron chi connectivity index (χ1n) is 5.84. The minimum absolute atomic E-state index is 0.138. The molecule has 2 heteroatoms. The Balaban J connectivity index is 2.84. The number of para-hydroxylation sites is 1. The van der Waals surface area contributed by atoms with Crippen molar-refractivity contribution in [2.45, 2.75) is 46.1 Å². The van der Waals surface area contributed by atoms with Gasteiger partial charge < -0.3 is 4.74 Å². The van der Waals surface area contributed by atoms with Crippen molar-refractivity contribution in [2.24, 2.45) is 0 Å². The number of carbonyl (C=O) groups excluding carboxylic acids is 1. The molecule has 0 heterocycles. The lowest BCUT2D eigenvalue weighted by atomic mass is 10.0. The van der Waals surface area contributed by atoms with E-state index in [-0.39, 0.29) is 11.9 Å². The van der Waals surface area contributed by atoms with E-state index in [9.17, 15) is 4.79 Å². The first kappa shape index (κ1) is 12.8. The molecule has 1 unspecified atom stereocenters. The molecule has 0 N–H and O–H groups in total.